The molecule has 0 aliphatic heterocycles. The first-order valence-electron chi connectivity index (χ1n) is 23.1. The predicted molar refractivity (Wildman–Crippen MR) is 298 cm³/mol. The Morgan fingerprint density at radius 1 is 0.429 bits per heavy atom. The molecule has 9 aromatic carbocycles. The van der Waals surface area contributed by atoms with E-state index in [0.29, 0.717) is 5.66 Å². The Morgan fingerprint density at radius 2 is 0.843 bits per heavy atom. The quantitative estimate of drug-likeness (QED) is 0.0680. The minimum Gasteiger partial charge on any atom is -0.366 e. The van der Waals surface area contributed by atoms with Gasteiger partial charge in [-0.3, -0.25) is 11.8 Å². The average molecular weight is 1300 g/mol. The summed E-state index contributed by atoms with van der Waals surface area (Å²) in [7, 11) is 1.84. The van der Waals surface area contributed by atoms with E-state index in [1.165, 1.54) is 75.6 Å². The molecule has 0 radical (unpaired) electrons. The van der Waals surface area contributed by atoms with Crippen LogP contribution in [0.2, 0.25) is 0 Å². The molecule has 6 heteroatoms. The summed E-state index contributed by atoms with van der Waals surface area (Å²) in [6.07, 6.45) is 24.7. The summed E-state index contributed by atoms with van der Waals surface area (Å²) in [5, 5.41) is 15.0. The molecule has 2 nitrogen and oxygen atoms in total. The SMILES string of the molecule is C1=CCC([PH+](c2ccccc2)c2cc3ccccc3cc2[PH+](c2ccccc2)c2ccccc2)C=C1.[Au+].[Au+].[C-]#Cc1ccc2c(c1)c1ccccc1n2C.[C-]#Cc1ccc2c(c1)c1ccccc1n2C. The second-order valence-corrected chi connectivity index (χ2v) is 22.3. The maximum Gasteiger partial charge on any atom is 1.00 e. The molecule has 346 valence electrons. The normalized spacial score (nSPS) is 13.1. The first kappa shape index (κ1) is 50.2. The number of hydrogen-bond donors (Lipinski definition) is 0. The zero-order valence-electron chi connectivity index (χ0n) is 38.8. The molecular weight excluding hydrogens is 1250 g/mol. The fourth-order valence-corrected chi connectivity index (χ4v) is 16.3. The van der Waals surface area contributed by atoms with Gasteiger partial charge in [0, 0.05) is 53.4 Å². The Morgan fingerprint density at radius 3 is 1.30 bits per heavy atom. The zero-order valence-corrected chi connectivity index (χ0v) is 45.1. The minimum atomic E-state index is -1.20. The van der Waals surface area contributed by atoms with Crippen LogP contribution in [0.3, 0.4) is 0 Å². The van der Waals surface area contributed by atoms with Crippen molar-refractivity contribution in [1.82, 2.24) is 9.13 Å². The molecule has 0 fully saturated rings. The van der Waals surface area contributed by atoms with Crippen LogP contribution in [0.15, 0.2) is 237 Å². The van der Waals surface area contributed by atoms with Crippen molar-refractivity contribution < 1.29 is 44.8 Å². The van der Waals surface area contributed by atoms with Crippen molar-refractivity contribution in [1.29, 1.82) is 0 Å². The zero-order chi connectivity index (χ0) is 46.4. The summed E-state index contributed by atoms with van der Waals surface area (Å²) >= 11 is 0. The van der Waals surface area contributed by atoms with E-state index in [4.69, 9.17) is 12.8 Å². The maximum atomic E-state index is 7.18. The average Bonchev–Trinajstić information content (AvgIpc) is 3.86. The van der Waals surface area contributed by atoms with Crippen LogP contribution in [-0.2, 0) is 58.9 Å². The Kier molecular flexibility index (Phi) is 16.6. The Hall–Kier alpha value is -6.22. The third-order valence-corrected chi connectivity index (χ3v) is 19.3. The Balaban J connectivity index is 0.000000160. The van der Waals surface area contributed by atoms with Crippen molar-refractivity contribution in [3.63, 3.8) is 0 Å². The van der Waals surface area contributed by atoms with Crippen LogP contribution in [0.4, 0.5) is 0 Å². The minimum absolute atomic E-state index is 0. The molecule has 0 bridgehead atoms. The molecule has 1 aliphatic rings. The van der Waals surface area contributed by atoms with Crippen LogP contribution in [0, 0.1) is 24.7 Å². The molecule has 12 rings (SSSR count). The van der Waals surface area contributed by atoms with Crippen molar-refractivity contribution in [3.8, 4) is 11.8 Å². The standard InChI is InChI=1S/C34H28P2.2C15H10N.2Au/c1-5-17-29(18-6-1)35(30-19-7-2-8-20-30)33-25-27-15-13-14-16-28(27)26-34(33)36(31-21-9-3-10-22-31)32-23-11-4-12-24-32;2*1-3-11-8-9-15-13(10-11)12-6-4-5-7-14(12)16(15)2;;/h1-23,25-26,32H,24H2;2*4-10H,2H3;;/q;2*-1;2*+1/p+2. The summed E-state index contributed by atoms with van der Waals surface area (Å²) in [5.74, 6) is 4.87. The predicted octanol–water partition coefficient (Wildman–Crippen LogP) is 12.9. The van der Waals surface area contributed by atoms with Gasteiger partial charge in [-0.15, -0.1) is 35.4 Å². The third-order valence-electron chi connectivity index (χ3n) is 13.1. The van der Waals surface area contributed by atoms with E-state index in [1.54, 1.807) is 5.30 Å². The van der Waals surface area contributed by atoms with E-state index in [2.05, 4.69) is 211 Å². The number of para-hydroxylation sites is 2. The van der Waals surface area contributed by atoms with Crippen LogP contribution >= 0.6 is 15.8 Å². The monoisotopic (exact) mass is 1300 g/mol. The second-order valence-electron chi connectivity index (χ2n) is 17.2. The van der Waals surface area contributed by atoms with Gasteiger partial charge in [0.25, 0.3) is 0 Å². The van der Waals surface area contributed by atoms with Crippen molar-refractivity contribution in [2.45, 2.75) is 12.1 Å². The van der Waals surface area contributed by atoms with Crippen LogP contribution in [0.25, 0.3) is 54.4 Å². The molecule has 0 saturated carbocycles. The first-order valence-corrected chi connectivity index (χ1v) is 26.1. The fraction of sp³-hybridized carbons (Fsp3) is 0.0625. The number of rotatable bonds is 6. The van der Waals surface area contributed by atoms with Gasteiger partial charge < -0.3 is 22.0 Å². The Bertz CT molecular complexity index is 3560. The smallest absolute Gasteiger partial charge is 0.366 e. The van der Waals surface area contributed by atoms with E-state index < -0.39 is 15.8 Å². The first-order chi connectivity index (χ1) is 33.5. The molecule has 11 aromatic rings. The number of aromatic nitrogens is 2. The molecular formula is C64H50Au2N2P2+2. The molecule has 2 unspecified atom stereocenters. The molecule has 2 heterocycles. The van der Waals surface area contributed by atoms with Gasteiger partial charge in [-0.1, -0.05) is 146 Å². The molecule has 0 saturated heterocycles. The molecule has 0 N–H and O–H groups in total. The van der Waals surface area contributed by atoms with Gasteiger partial charge in [0.15, 0.2) is 0 Å². The topological polar surface area (TPSA) is 9.86 Å². The van der Waals surface area contributed by atoms with E-state index in [0.717, 1.165) is 17.5 Å². The van der Waals surface area contributed by atoms with Crippen molar-refractivity contribution >= 4 is 96.8 Å². The third kappa shape index (κ3) is 10.3. The van der Waals surface area contributed by atoms with Crippen molar-refractivity contribution in [2.75, 3.05) is 0 Å². The van der Waals surface area contributed by atoms with Gasteiger partial charge >= 0.3 is 44.8 Å². The van der Waals surface area contributed by atoms with Crippen molar-refractivity contribution in [3.05, 3.63) is 261 Å². The summed E-state index contributed by atoms with van der Waals surface area (Å²) < 4.78 is 4.36. The fourth-order valence-electron chi connectivity index (χ4n) is 9.83. The van der Waals surface area contributed by atoms with Crippen LogP contribution in [0.5, 0.6) is 0 Å². The van der Waals surface area contributed by atoms with Gasteiger partial charge in [-0.25, -0.2) is 0 Å². The van der Waals surface area contributed by atoms with Gasteiger partial charge in [0.2, 0.25) is 0 Å². The van der Waals surface area contributed by atoms with Crippen LogP contribution in [-0.4, -0.2) is 14.8 Å². The number of benzene rings is 9. The molecule has 70 heavy (non-hydrogen) atoms. The number of aryl methyl sites for hydroxylation is 2. The van der Waals surface area contributed by atoms with Gasteiger partial charge in [-0.05, 0) is 88.3 Å². The summed E-state index contributed by atoms with van der Waals surface area (Å²) in [6.45, 7) is 0. The molecule has 0 amide bonds. The number of nitrogens with zero attached hydrogens (tertiary/aromatic N) is 2. The van der Waals surface area contributed by atoms with Gasteiger partial charge in [-0.2, -0.15) is 0 Å². The van der Waals surface area contributed by atoms with E-state index in [9.17, 15) is 0 Å². The Labute approximate surface area is 445 Å². The largest absolute Gasteiger partial charge is 1.00 e. The summed E-state index contributed by atoms with van der Waals surface area (Å²) in [4.78, 5) is 0. The molecule has 2 atom stereocenters. The second kappa shape index (κ2) is 23.1. The van der Waals surface area contributed by atoms with Crippen molar-refractivity contribution in [2.24, 2.45) is 14.1 Å². The van der Waals surface area contributed by atoms with E-state index in [-0.39, 0.29) is 44.8 Å². The number of allylic oxidation sites excluding steroid dienone is 4. The molecule has 0 spiro atoms. The van der Waals surface area contributed by atoms with Crippen LogP contribution < -0.4 is 26.5 Å². The number of hydrogen-bond acceptors (Lipinski definition) is 0. The van der Waals surface area contributed by atoms with E-state index >= 15 is 0 Å². The molecule has 2 aromatic heterocycles. The summed E-state index contributed by atoms with van der Waals surface area (Å²) in [5.41, 5.74) is 7.00. The number of fused-ring (bicyclic) bond motifs is 7. The van der Waals surface area contributed by atoms with E-state index in [1.807, 2.05) is 60.7 Å². The molecule has 1 aliphatic carbocycles. The summed E-state index contributed by atoms with van der Waals surface area (Å²) in [6, 6.07) is 76.2. The van der Waals surface area contributed by atoms with Gasteiger partial charge in [0.1, 0.15) is 29.1 Å². The van der Waals surface area contributed by atoms with Gasteiger partial charge in [0.05, 0.1) is 18.9 Å². The van der Waals surface area contributed by atoms with Crippen LogP contribution in [0.1, 0.15) is 17.5 Å². The maximum absolute atomic E-state index is 7.18.